The van der Waals surface area contributed by atoms with Gasteiger partial charge in [-0.1, -0.05) is 24.6 Å². The van der Waals surface area contributed by atoms with Crippen molar-refractivity contribution in [3.05, 3.63) is 29.8 Å². The Hall–Kier alpha value is -1.00. The predicted octanol–water partition coefficient (Wildman–Crippen LogP) is 2.73. The summed E-state index contributed by atoms with van der Waals surface area (Å²) in [6.07, 6.45) is 4.84. The van der Waals surface area contributed by atoms with Crippen LogP contribution in [0.1, 0.15) is 37.3 Å². The smallest absolute Gasteiger partial charge is 0.237 e. The highest BCUT2D eigenvalue weighted by atomic mass is 32.2. The number of carbonyl (C=O) groups excluding carboxylic acids is 1. The highest BCUT2D eigenvalue weighted by molar-refractivity contribution is 7.99. The Kier molecular flexibility index (Phi) is 3.67. The van der Waals surface area contributed by atoms with Crippen molar-refractivity contribution in [1.29, 1.82) is 0 Å². The molecule has 0 bridgehead atoms. The Morgan fingerprint density at radius 2 is 2.14 bits per heavy atom. The average molecular weight is 302 g/mol. The highest BCUT2D eigenvalue weighted by Gasteiger charge is 2.42. The zero-order valence-corrected chi connectivity index (χ0v) is 13.0. The third kappa shape index (κ3) is 2.49. The molecule has 1 amide bonds. The van der Waals surface area contributed by atoms with Crippen molar-refractivity contribution in [2.24, 2.45) is 11.8 Å². The Balaban J connectivity index is 1.48. The monoisotopic (exact) mass is 302 g/mol. The molecule has 4 atom stereocenters. The molecule has 4 rings (SSSR count). The molecule has 1 aliphatic carbocycles. The van der Waals surface area contributed by atoms with Crippen molar-refractivity contribution < 1.29 is 4.79 Å². The van der Waals surface area contributed by atoms with Crippen molar-refractivity contribution in [3.63, 3.8) is 0 Å². The van der Waals surface area contributed by atoms with E-state index in [9.17, 15) is 4.79 Å². The van der Waals surface area contributed by atoms with E-state index in [1.165, 1.54) is 29.7 Å². The summed E-state index contributed by atoms with van der Waals surface area (Å²) in [6.45, 7) is 1.03. The van der Waals surface area contributed by atoms with Crippen molar-refractivity contribution in [2.45, 2.75) is 42.7 Å². The molecule has 2 aliphatic heterocycles. The van der Waals surface area contributed by atoms with Crippen LogP contribution in [0.4, 0.5) is 0 Å². The minimum atomic E-state index is 0.0410. The van der Waals surface area contributed by atoms with Crippen LogP contribution in [0.2, 0.25) is 0 Å². The molecule has 1 saturated heterocycles. The molecule has 2 fully saturated rings. The quantitative estimate of drug-likeness (QED) is 0.882. The van der Waals surface area contributed by atoms with Gasteiger partial charge < -0.3 is 10.6 Å². The molecule has 0 radical (unpaired) electrons. The van der Waals surface area contributed by atoms with E-state index in [0.717, 1.165) is 24.6 Å². The van der Waals surface area contributed by atoms with Gasteiger partial charge in [0.1, 0.15) is 0 Å². The van der Waals surface area contributed by atoms with Gasteiger partial charge in [-0.15, -0.1) is 11.8 Å². The van der Waals surface area contributed by atoms with Crippen LogP contribution in [0, 0.1) is 11.8 Å². The zero-order chi connectivity index (χ0) is 14.2. The second-order valence-electron chi connectivity index (χ2n) is 6.48. The van der Waals surface area contributed by atoms with Crippen LogP contribution in [-0.2, 0) is 4.79 Å². The Bertz CT molecular complexity index is 547. The minimum absolute atomic E-state index is 0.0410. The first-order valence-corrected chi connectivity index (χ1v) is 9.07. The second kappa shape index (κ2) is 5.65. The lowest BCUT2D eigenvalue weighted by atomic mass is 9.93. The summed E-state index contributed by atoms with van der Waals surface area (Å²) in [5, 5.41) is 6.77. The van der Waals surface area contributed by atoms with E-state index in [1.807, 2.05) is 11.8 Å². The van der Waals surface area contributed by atoms with E-state index in [4.69, 9.17) is 0 Å². The molecular formula is C17H22N2OS. The average Bonchev–Trinajstić information content (AvgIpc) is 3.10. The molecule has 4 unspecified atom stereocenters. The van der Waals surface area contributed by atoms with Crippen LogP contribution in [0.15, 0.2) is 29.2 Å². The number of hydrogen-bond acceptors (Lipinski definition) is 3. The fourth-order valence-electron chi connectivity index (χ4n) is 4.23. The standard InChI is InChI=1S/C17H22N2OS/c20-17(16-12-6-3-4-11(12)10-18-16)19-14-8-9-21-15-7-2-1-5-13(14)15/h1-2,5,7,11-12,14,16,18H,3-4,6,8-10H2,(H,19,20). The maximum atomic E-state index is 12.7. The molecular weight excluding hydrogens is 280 g/mol. The lowest BCUT2D eigenvalue weighted by molar-refractivity contribution is -0.124. The lowest BCUT2D eigenvalue weighted by Crippen LogP contribution is -2.45. The van der Waals surface area contributed by atoms with Crippen molar-refractivity contribution in [2.75, 3.05) is 12.3 Å². The largest absolute Gasteiger partial charge is 0.348 e. The number of nitrogens with one attached hydrogen (secondary N) is 2. The van der Waals surface area contributed by atoms with Gasteiger partial charge in [-0.25, -0.2) is 0 Å². The van der Waals surface area contributed by atoms with Crippen molar-refractivity contribution in [1.82, 2.24) is 10.6 Å². The van der Waals surface area contributed by atoms with Gasteiger partial charge in [0.15, 0.2) is 0 Å². The van der Waals surface area contributed by atoms with Crippen molar-refractivity contribution >= 4 is 17.7 Å². The summed E-state index contributed by atoms with van der Waals surface area (Å²) < 4.78 is 0. The van der Waals surface area contributed by atoms with E-state index in [-0.39, 0.29) is 18.0 Å². The highest BCUT2D eigenvalue weighted by Crippen LogP contribution is 2.39. The number of carbonyl (C=O) groups is 1. The fraction of sp³-hybridized carbons (Fsp3) is 0.588. The van der Waals surface area contributed by atoms with Crippen LogP contribution in [0.3, 0.4) is 0 Å². The molecule has 21 heavy (non-hydrogen) atoms. The molecule has 1 saturated carbocycles. The first-order valence-electron chi connectivity index (χ1n) is 8.08. The van der Waals surface area contributed by atoms with E-state index in [1.54, 1.807) is 0 Å². The molecule has 112 valence electrons. The molecule has 4 heteroatoms. The van der Waals surface area contributed by atoms with E-state index in [2.05, 4.69) is 34.9 Å². The molecule has 0 aromatic heterocycles. The van der Waals surface area contributed by atoms with Gasteiger partial charge in [-0.2, -0.15) is 0 Å². The fourth-order valence-corrected chi connectivity index (χ4v) is 5.35. The van der Waals surface area contributed by atoms with Gasteiger partial charge in [-0.05, 0) is 49.3 Å². The lowest BCUT2D eigenvalue weighted by Gasteiger charge is -2.28. The van der Waals surface area contributed by atoms with Gasteiger partial charge in [0.05, 0.1) is 12.1 Å². The second-order valence-corrected chi connectivity index (χ2v) is 7.61. The van der Waals surface area contributed by atoms with E-state index < -0.39 is 0 Å². The minimum Gasteiger partial charge on any atom is -0.348 e. The summed E-state index contributed by atoms with van der Waals surface area (Å²) in [5.74, 6) is 2.61. The van der Waals surface area contributed by atoms with Gasteiger partial charge in [0.2, 0.25) is 5.91 Å². The molecule has 1 aromatic rings. The summed E-state index contributed by atoms with van der Waals surface area (Å²) in [4.78, 5) is 14.0. The maximum Gasteiger partial charge on any atom is 0.237 e. The maximum absolute atomic E-state index is 12.7. The SMILES string of the molecule is O=C(NC1CCSc2ccccc21)C1NCC2CCCC21. The first kappa shape index (κ1) is 13.6. The molecule has 0 spiro atoms. The van der Waals surface area contributed by atoms with Gasteiger partial charge in [-0.3, -0.25) is 4.79 Å². The summed E-state index contributed by atoms with van der Waals surface area (Å²) in [7, 11) is 0. The molecule has 2 N–H and O–H groups in total. The predicted molar refractivity (Wildman–Crippen MR) is 85.3 cm³/mol. The van der Waals surface area contributed by atoms with Gasteiger partial charge in [0, 0.05) is 10.6 Å². The van der Waals surface area contributed by atoms with E-state index in [0.29, 0.717) is 5.92 Å². The molecule has 3 aliphatic rings. The van der Waals surface area contributed by atoms with Crippen LogP contribution in [0.25, 0.3) is 0 Å². The summed E-state index contributed by atoms with van der Waals surface area (Å²) in [5.41, 5.74) is 1.29. The third-order valence-electron chi connectivity index (χ3n) is 5.30. The topological polar surface area (TPSA) is 41.1 Å². The van der Waals surface area contributed by atoms with Gasteiger partial charge in [0.25, 0.3) is 0 Å². The van der Waals surface area contributed by atoms with Crippen LogP contribution in [-0.4, -0.2) is 24.2 Å². The zero-order valence-electron chi connectivity index (χ0n) is 12.2. The summed E-state index contributed by atoms with van der Waals surface area (Å²) in [6, 6.07) is 8.71. The van der Waals surface area contributed by atoms with Crippen LogP contribution in [0.5, 0.6) is 0 Å². The number of fused-ring (bicyclic) bond motifs is 2. The number of amides is 1. The van der Waals surface area contributed by atoms with Crippen LogP contribution < -0.4 is 10.6 Å². The van der Waals surface area contributed by atoms with Crippen LogP contribution >= 0.6 is 11.8 Å². The number of benzene rings is 1. The first-order chi connectivity index (χ1) is 10.3. The number of thioether (sulfide) groups is 1. The normalized spacial score (nSPS) is 34.3. The Morgan fingerprint density at radius 1 is 1.24 bits per heavy atom. The molecule has 2 heterocycles. The Morgan fingerprint density at radius 3 is 3.10 bits per heavy atom. The van der Waals surface area contributed by atoms with E-state index >= 15 is 0 Å². The number of rotatable bonds is 2. The Labute approximate surface area is 130 Å². The van der Waals surface area contributed by atoms with Crippen molar-refractivity contribution in [3.8, 4) is 0 Å². The molecule has 1 aromatic carbocycles. The number of hydrogen-bond donors (Lipinski definition) is 2. The molecule has 3 nitrogen and oxygen atoms in total. The van der Waals surface area contributed by atoms with Gasteiger partial charge >= 0.3 is 0 Å². The summed E-state index contributed by atoms with van der Waals surface area (Å²) >= 11 is 1.90. The third-order valence-corrected chi connectivity index (χ3v) is 6.43.